The fourth-order valence-electron chi connectivity index (χ4n) is 3.60. The van der Waals surface area contributed by atoms with E-state index < -0.39 is 5.41 Å². The first kappa shape index (κ1) is 13.7. The predicted octanol–water partition coefficient (Wildman–Crippen LogP) is 3.05. The lowest BCUT2D eigenvalue weighted by molar-refractivity contribution is -0.118. The second-order valence-corrected chi connectivity index (χ2v) is 6.65. The molecule has 1 amide bonds. The molecule has 0 radical (unpaired) electrons. The number of anilines is 2. The van der Waals surface area contributed by atoms with Crippen molar-refractivity contribution < 1.29 is 14.3 Å². The standard InChI is InChI=1S/C19H18N2O3/c22-18(21-14-2-3-15-12(9-14)5-8-20-15)19(6-7-19)13-1-4-16-17(10-13)24-11-23-16/h1-4,9-10,20H,5-8,11H2,(H,21,22). The third-order valence-corrected chi connectivity index (χ3v) is 5.18. The normalized spacial score (nSPS) is 18.7. The molecule has 2 heterocycles. The van der Waals surface area contributed by atoms with Crippen LogP contribution in [0.3, 0.4) is 0 Å². The van der Waals surface area contributed by atoms with Crippen molar-refractivity contribution in [3.05, 3.63) is 47.5 Å². The Morgan fingerprint density at radius 1 is 1.08 bits per heavy atom. The average molecular weight is 322 g/mol. The van der Waals surface area contributed by atoms with Gasteiger partial charge in [0.1, 0.15) is 0 Å². The highest BCUT2D eigenvalue weighted by Gasteiger charge is 2.51. The molecule has 5 heteroatoms. The number of benzene rings is 2. The lowest BCUT2D eigenvalue weighted by Crippen LogP contribution is -2.27. The molecule has 5 rings (SSSR count). The molecular weight excluding hydrogens is 304 g/mol. The molecule has 1 fully saturated rings. The SMILES string of the molecule is O=C(Nc1ccc2c(c1)CCN2)C1(c2ccc3c(c2)OCO3)CC1. The molecular formula is C19H18N2O3. The van der Waals surface area contributed by atoms with Crippen molar-refractivity contribution in [3.8, 4) is 11.5 Å². The van der Waals surface area contributed by atoms with Crippen LogP contribution in [-0.2, 0) is 16.6 Å². The number of hydrogen-bond acceptors (Lipinski definition) is 4. The quantitative estimate of drug-likeness (QED) is 0.912. The summed E-state index contributed by atoms with van der Waals surface area (Å²) in [6.45, 7) is 1.22. The highest BCUT2D eigenvalue weighted by Crippen LogP contribution is 2.51. The predicted molar refractivity (Wildman–Crippen MR) is 90.7 cm³/mol. The summed E-state index contributed by atoms with van der Waals surface area (Å²) in [7, 11) is 0. The molecule has 0 atom stereocenters. The maximum absolute atomic E-state index is 12.9. The van der Waals surface area contributed by atoms with Crippen molar-refractivity contribution in [1.82, 2.24) is 0 Å². The van der Waals surface area contributed by atoms with Crippen LogP contribution in [0.2, 0.25) is 0 Å². The Labute approximate surface area is 140 Å². The highest BCUT2D eigenvalue weighted by atomic mass is 16.7. The number of ether oxygens (including phenoxy) is 2. The van der Waals surface area contributed by atoms with Gasteiger partial charge in [0.15, 0.2) is 11.5 Å². The molecule has 2 N–H and O–H groups in total. The van der Waals surface area contributed by atoms with Crippen molar-refractivity contribution in [3.63, 3.8) is 0 Å². The third-order valence-electron chi connectivity index (χ3n) is 5.18. The summed E-state index contributed by atoms with van der Waals surface area (Å²) < 4.78 is 10.8. The van der Waals surface area contributed by atoms with E-state index >= 15 is 0 Å². The van der Waals surface area contributed by atoms with Crippen LogP contribution in [0, 0.1) is 0 Å². The van der Waals surface area contributed by atoms with Crippen molar-refractivity contribution in [2.45, 2.75) is 24.7 Å². The smallest absolute Gasteiger partial charge is 0.235 e. The topological polar surface area (TPSA) is 59.6 Å². The van der Waals surface area contributed by atoms with E-state index in [2.05, 4.69) is 16.7 Å². The minimum absolute atomic E-state index is 0.0623. The van der Waals surface area contributed by atoms with Crippen LogP contribution in [-0.4, -0.2) is 19.2 Å². The first-order chi connectivity index (χ1) is 11.7. The van der Waals surface area contributed by atoms with Gasteiger partial charge in [0.2, 0.25) is 12.7 Å². The van der Waals surface area contributed by atoms with Crippen LogP contribution in [0.25, 0.3) is 0 Å². The van der Waals surface area contributed by atoms with Crippen LogP contribution in [0.15, 0.2) is 36.4 Å². The molecule has 1 saturated carbocycles. The molecule has 122 valence electrons. The maximum atomic E-state index is 12.9. The van der Waals surface area contributed by atoms with Gasteiger partial charge in [0, 0.05) is 17.9 Å². The van der Waals surface area contributed by atoms with Crippen molar-refractivity contribution in [1.29, 1.82) is 0 Å². The Bertz CT molecular complexity index is 843. The van der Waals surface area contributed by atoms with Crippen molar-refractivity contribution in [2.24, 2.45) is 0 Å². The number of hydrogen-bond donors (Lipinski definition) is 2. The Balaban J connectivity index is 1.40. The molecule has 2 aliphatic heterocycles. The number of nitrogens with one attached hydrogen (secondary N) is 2. The highest BCUT2D eigenvalue weighted by molar-refractivity contribution is 6.01. The number of rotatable bonds is 3. The van der Waals surface area contributed by atoms with E-state index in [0.29, 0.717) is 0 Å². The van der Waals surface area contributed by atoms with E-state index in [-0.39, 0.29) is 12.7 Å². The lowest BCUT2D eigenvalue weighted by Gasteiger charge is -2.17. The molecule has 2 aromatic rings. The molecule has 24 heavy (non-hydrogen) atoms. The monoisotopic (exact) mass is 322 g/mol. The van der Waals surface area contributed by atoms with Crippen LogP contribution < -0.4 is 20.1 Å². The molecule has 2 aromatic carbocycles. The molecule has 0 spiro atoms. The van der Waals surface area contributed by atoms with E-state index in [1.807, 2.05) is 30.3 Å². The van der Waals surface area contributed by atoms with E-state index in [0.717, 1.165) is 48.6 Å². The summed E-state index contributed by atoms with van der Waals surface area (Å²) in [5, 5.41) is 6.44. The van der Waals surface area contributed by atoms with E-state index in [1.54, 1.807) is 0 Å². The molecule has 0 bridgehead atoms. The number of fused-ring (bicyclic) bond motifs is 2. The average Bonchev–Trinajstić information content (AvgIpc) is 3.05. The summed E-state index contributed by atoms with van der Waals surface area (Å²) in [6, 6.07) is 11.9. The number of carbonyl (C=O) groups is 1. The summed E-state index contributed by atoms with van der Waals surface area (Å²) in [6.07, 6.45) is 2.74. The Morgan fingerprint density at radius 3 is 2.83 bits per heavy atom. The van der Waals surface area contributed by atoms with Crippen LogP contribution in [0.5, 0.6) is 11.5 Å². The first-order valence-corrected chi connectivity index (χ1v) is 8.33. The van der Waals surface area contributed by atoms with E-state index in [9.17, 15) is 4.79 Å². The zero-order valence-corrected chi connectivity index (χ0v) is 13.2. The summed E-state index contributed by atoms with van der Waals surface area (Å²) in [4.78, 5) is 12.9. The van der Waals surface area contributed by atoms with Gasteiger partial charge in [0.05, 0.1) is 5.41 Å². The third kappa shape index (κ3) is 2.04. The lowest BCUT2D eigenvalue weighted by atomic mass is 9.94. The summed E-state index contributed by atoms with van der Waals surface area (Å²) in [5.41, 5.74) is 3.88. The van der Waals surface area contributed by atoms with Gasteiger partial charge >= 0.3 is 0 Å². The maximum Gasteiger partial charge on any atom is 0.235 e. The van der Waals surface area contributed by atoms with E-state index in [1.165, 1.54) is 11.3 Å². The Kier molecular flexibility index (Phi) is 2.80. The van der Waals surface area contributed by atoms with Crippen LogP contribution in [0.4, 0.5) is 11.4 Å². The molecule has 0 aromatic heterocycles. The van der Waals surface area contributed by atoms with Gasteiger partial charge in [-0.2, -0.15) is 0 Å². The Hall–Kier alpha value is -2.69. The van der Waals surface area contributed by atoms with Crippen molar-refractivity contribution >= 4 is 17.3 Å². The van der Waals surface area contributed by atoms with Gasteiger partial charge in [-0.25, -0.2) is 0 Å². The zero-order chi connectivity index (χ0) is 16.1. The molecule has 3 aliphatic rings. The van der Waals surface area contributed by atoms with Crippen molar-refractivity contribution in [2.75, 3.05) is 24.0 Å². The van der Waals surface area contributed by atoms with Gasteiger partial charge in [0.25, 0.3) is 0 Å². The number of amides is 1. The minimum atomic E-state index is -0.432. The van der Waals surface area contributed by atoms with E-state index in [4.69, 9.17) is 9.47 Å². The van der Waals surface area contributed by atoms with Crippen LogP contribution >= 0.6 is 0 Å². The fourth-order valence-corrected chi connectivity index (χ4v) is 3.60. The minimum Gasteiger partial charge on any atom is -0.454 e. The molecule has 0 unspecified atom stereocenters. The number of carbonyl (C=O) groups excluding carboxylic acids is 1. The fraction of sp³-hybridized carbons (Fsp3) is 0.316. The second kappa shape index (κ2) is 4.90. The van der Waals surface area contributed by atoms with Gasteiger partial charge in [-0.05, 0) is 60.7 Å². The molecule has 1 aliphatic carbocycles. The summed E-state index contributed by atoms with van der Waals surface area (Å²) in [5.74, 6) is 1.54. The van der Waals surface area contributed by atoms with Gasteiger partial charge in [-0.1, -0.05) is 6.07 Å². The Morgan fingerprint density at radius 2 is 1.96 bits per heavy atom. The molecule has 5 nitrogen and oxygen atoms in total. The van der Waals surface area contributed by atoms with Gasteiger partial charge in [-0.3, -0.25) is 4.79 Å². The molecule has 0 saturated heterocycles. The van der Waals surface area contributed by atoms with Gasteiger partial charge < -0.3 is 20.1 Å². The first-order valence-electron chi connectivity index (χ1n) is 8.33. The second-order valence-electron chi connectivity index (χ2n) is 6.65. The largest absolute Gasteiger partial charge is 0.454 e. The van der Waals surface area contributed by atoms with Crippen LogP contribution in [0.1, 0.15) is 24.0 Å². The summed E-state index contributed by atoms with van der Waals surface area (Å²) >= 11 is 0. The van der Waals surface area contributed by atoms with Gasteiger partial charge in [-0.15, -0.1) is 0 Å². The zero-order valence-electron chi connectivity index (χ0n) is 13.2.